The van der Waals surface area contributed by atoms with E-state index in [4.69, 9.17) is 15.2 Å². The first-order chi connectivity index (χ1) is 10.3. The van der Waals surface area contributed by atoms with Crippen molar-refractivity contribution in [2.45, 2.75) is 6.42 Å². The first kappa shape index (κ1) is 15.1. The molecule has 1 aromatic heterocycles. The van der Waals surface area contributed by atoms with E-state index in [0.717, 1.165) is 17.9 Å². The molecule has 1 aromatic carbocycles. The second-order valence-corrected chi connectivity index (χ2v) is 4.36. The summed E-state index contributed by atoms with van der Waals surface area (Å²) in [5, 5.41) is 0. The fourth-order valence-corrected chi connectivity index (χ4v) is 2.01. The van der Waals surface area contributed by atoms with E-state index >= 15 is 0 Å². The molecule has 1 heterocycles. The number of ether oxygens (including phenoxy) is 2. The first-order valence-electron chi connectivity index (χ1n) is 6.77. The van der Waals surface area contributed by atoms with Gasteiger partial charge in [0.15, 0.2) is 0 Å². The van der Waals surface area contributed by atoms with Gasteiger partial charge < -0.3 is 20.1 Å². The number of anilines is 2. The Balaban J connectivity index is 2.41. The average molecular weight is 288 g/mol. The van der Waals surface area contributed by atoms with Crippen molar-refractivity contribution in [2.75, 3.05) is 32.2 Å². The molecular weight excluding hydrogens is 268 g/mol. The minimum absolute atomic E-state index is 0.521. The minimum atomic E-state index is 0.521. The highest BCUT2D eigenvalue weighted by Crippen LogP contribution is 2.32. The molecule has 0 bridgehead atoms. The van der Waals surface area contributed by atoms with Crippen LogP contribution in [0.1, 0.15) is 6.42 Å². The predicted octanol–water partition coefficient (Wildman–Crippen LogP) is 1.98. The lowest BCUT2D eigenvalue weighted by Crippen LogP contribution is -2.23. The highest BCUT2D eigenvalue weighted by molar-refractivity contribution is 5.65. The maximum absolute atomic E-state index is 5.64. The molecule has 0 saturated carbocycles. The highest BCUT2D eigenvalue weighted by atomic mass is 16.5. The van der Waals surface area contributed by atoms with Crippen molar-refractivity contribution in [3.05, 3.63) is 36.5 Å². The zero-order valence-electron chi connectivity index (χ0n) is 12.3. The number of hydrogen-bond acceptors (Lipinski definition) is 6. The van der Waals surface area contributed by atoms with Gasteiger partial charge in [-0.1, -0.05) is 12.1 Å². The highest BCUT2D eigenvalue weighted by Gasteiger charge is 2.16. The maximum atomic E-state index is 5.64. The Bertz CT molecular complexity index is 577. The van der Waals surface area contributed by atoms with E-state index in [1.165, 1.54) is 0 Å². The van der Waals surface area contributed by atoms with Crippen LogP contribution in [0.25, 0.3) is 0 Å². The van der Waals surface area contributed by atoms with E-state index in [-0.39, 0.29) is 0 Å². The molecule has 6 nitrogen and oxygen atoms in total. The molecular formula is C15H20N4O2. The Morgan fingerprint density at radius 2 is 1.95 bits per heavy atom. The lowest BCUT2D eigenvalue weighted by Gasteiger charge is -2.24. The van der Waals surface area contributed by atoms with Gasteiger partial charge in [0.1, 0.15) is 5.75 Å². The Morgan fingerprint density at radius 3 is 2.67 bits per heavy atom. The summed E-state index contributed by atoms with van der Waals surface area (Å²) in [6, 6.07) is 9.47. The third kappa shape index (κ3) is 3.61. The number of rotatable bonds is 7. The van der Waals surface area contributed by atoms with Crippen molar-refractivity contribution in [1.29, 1.82) is 0 Å². The van der Waals surface area contributed by atoms with Crippen molar-refractivity contribution >= 4 is 11.6 Å². The largest absolute Gasteiger partial charge is 0.495 e. The van der Waals surface area contributed by atoms with Crippen LogP contribution in [0.4, 0.5) is 11.6 Å². The molecule has 0 amide bonds. The van der Waals surface area contributed by atoms with Crippen LogP contribution in [0.3, 0.4) is 0 Å². The van der Waals surface area contributed by atoms with Gasteiger partial charge in [0.25, 0.3) is 0 Å². The zero-order valence-corrected chi connectivity index (χ0v) is 12.3. The molecule has 6 heteroatoms. The number of nitrogens with two attached hydrogens (primary N) is 1. The summed E-state index contributed by atoms with van der Waals surface area (Å²) < 4.78 is 10.6. The van der Waals surface area contributed by atoms with Crippen molar-refractivity contribution in [3.63, 3.8) is 0 Å². The summed E-state index contributed by atoms with van der Waals surface area (Å²) in [6.45, 7) is 1.29. The van der Waals surface area contributed by atoms with Crippen molar-refractivity contribution in [1.82, 2.24) is 9.97 Å². The topological polar surface area (TPSA) is 73.5 Å². The third-order valence-corrected chi connectivity index (χ3v) is 3.03. The number of aromatic nitrogens is 2. The van der Waals surface area contributed by atoms with Crippen molar-refractivity contribution in [3.8, 4) is 11.6 Å². The summed E-state index contributed by atoms with van der Waals surface area (Å²) in [7, 11) is 3.23. The van der Waals surface area contributed by atoms with E-state index in [0.29, 0.717) is 24.9 Å². The molecule has 0 unspecified atom stereocenters. The van der Waals surface area contributed by atoms with Gasteiger partial charge in [-0.2, -0.15) is 4.98 Å². The van der Waals surface area contributed by atoms with Crippen LogP contribution in [0, 0.1) is 0 Å². The second-order valence-electron chi connectivity index (χ2n) is 4.36. The van der Waals surface area contributed by atoms with Gasteiger partial charge in [-0.25, -0.2) is 4.98 Å². The number of hydrogen-bond donors (Lipinski definition) is 1. The molecule has 0 spiro atoms. The van der Waals surface area contributed by atoms with Gasteiger partial charge in [0, 0.05) is 18.8 Å². The van der Waals surface area contributed by atoms with Gasteiger partial charge >= 0.3 is 0 Å². The van der Waals surface area contributed by atoms with Gasteiger partial charge in [-0.05, 0) is 25.1 Å². The van der Waals surface area contributed by atoms with Crippen LogP contribution in [-0.4, -0.2) is 37.3 Å². The zero-order chi connectivity index (χ0) is 15.1. The van der Waals surface area contributed by atoms with Gasteiger partial charge in [-0.3, -0.25) is 0 Å². The molecule has 0 saturated heterocycles. The first-order valence-corrected chi connectivity index (χ1v) is 6.77. The minimum Gasteiger partial charge on any atom is -0.495 e. The lowest BCUT2D eigenvalue weighted by atomic mass is 10.2. The molecule has 2 rings (SSSR count). The van der Waals surface area contributed by atoms with Gasteiger partial charge in [0.05, 0.1) is 19.9 Å². The van der Waals surface area contributed by atoms with E-state index in [1.807, 2.05) is 29.2 Å². The molecule has 2 aromatic rings. The molecule has 2 N–H and O–H groups in total. The number of benzene rings is 1. The lowest BCUT2D eigenvalue weighted by molar-refractivity contribution is 0.396. The molecule has 0 aliphatic rings. The Labute approximate surface area is 124 Å². The van der Waals surface area contributed by atoms with Crippen LogP contribution in [0.15, 0.2) is 36.5 Å². The standard InChI is InChI=1S/C15H20N4O2/c1-20-13-7-4-3-6-12(13)19(11-5-9-16)15-17-10-8-14(18-15)21-2/h3-4,6-8,10H,5,9,11,16H2,1-2H3. The Morgan fingerprint density at radius 1 is 1.14 bits per heavy atom. The van der Waals surface area contributed by atoms with E-state index in [2.05, 4.69) is 9.97 Å². The Kier molecular flexibility index (Phi) is 5.34. The monoisotopic (exact) mass is 288 g/mol. The fourth-order valence-electron chi connectivity index (χ4n) is 2.01. The molecule has 21 heavy (non-hydrogen) atoms. The van der Waals surface area contributed by atoms with Crippen LogP contribution in [0.2, 0.25) is 0 Å². The normalized spacial score (nSPS) is 10.2. The van der Waals surface area contributed by atoms with Crippen LogP contribution < -0.4 is 20.1 Å². The molecule has 0 aliphatic carbocycles. The smallest absolute Gasteiger partial charge is 0.233 e. The summed E-state index contributed by atoms with van der Waals surface area (Å²) in [4.78, 5) is 10.7. The maximum Gasteiger partial charge on any atom is 0.233 e. The van der Waals surface area contributed by atoms with Crippen LogP contribution >= 0.6 is 0 Å². The van der Waals surface area contributed by atoms with Gasteiger partial charge in [-0.15, -0.1) is 0 Å². The number of methoxy groups -OCH3 is 2. The van der Waals surface area contributed by atoms with Crippen molar-refractivity contribution < 1.29 is 9.47 Å². The number of nitrogens with zero attached hydrogens (tertiary/aromatic N) is 3. The number of para-hydroxylation sites is 2. The molecule has 0 radical (unpaired) electrons. The quantitative estimate of drug-likeness (QED) is 0.840. The predicted molar refractivity (Wildman–Crippen MR) is 82.3 cm³/mol. The van der Waals surface area contributed by atoms with Crippen molar-refractivity contribution in [2.24, 2.45) is 5.73 Å². The molecule has 112 valence electrons. The summed E-state index contributed by atoms with van der Waals surface area (Å²) in [6.07, 6.45) is 2.49. The Hall–Kier alpha value is -2.34. The summed E-state index contributed by atoms with van der Waals surface area (Å²) in [5.74, 6) is 1.85. The molecule has 0 fully saturated rings. The SMILES string of the molecule is COc1ccnc(N(CCCN)c2ccccc2OC)n1. The van der Waals surface area contributed by atoms with E-state index < -0.39 is 0 Å². The van der Waals surface area contributed by atoms with Crippen LogP contribution in [0.5, 0.6) is 11.6 Å². The van der Waals surface area contributed by atoms with Gasteiger partial charge in [0.2, 0.25) is 11.8 Å². The van der Waals surface area contributed by atoms with E-state index in [1.54, 1.807) is 26.5 Å². The third-order valence-electron chi connectivity index (χ3n) is 3.03. The summed E-state index contributed by atoms with van der Waals surface area (Å²) >= 11 is 0. The molecule has 0 aliphatic heterocycles. The van der Waals surface area contributed by atoms with E-state index in [9.17, 15) is 0 Å². The average Bonchev–Trinajstić information content (AvgIpc) is 2.56. The van der Waals surface area contributed by atoms with Crippen LogP contribution in [-0.2, 0) is 0 Å². The summed E-state index contributed by atoms with van der Waals surface area (Å²) in [5.41, 5.74) is 6.54. The second kappa shape index (κ2) is 7.44. The fraction of sp³-hybridized carbons (Fsp3) is 0.333. The molecule has 0 atom stereocenters.